The highest BCUT2D eigenvalue weighted by molar-refractivity contribution is 5.97. The molecule has 4 aromatic rings. The minimum Gasteiger partial charge on any atom is -0.494 e. The Morgan fingerprint density at radius 2 is 0.762 bits per heavy atom. The van der Waals surface area contributed by atoms with Crippen molar-refractivity contribution in [2.24, 2.45) is 33.6 Å². The highest BCUT2D eigenvalue weighted by Crippen LogP contribution is 2.25. The number of halogens is 6. The monoisotopic (exact) mass is 1130 g/mol. The van der Waals surface area contributed by atoms with Gasteiger partial charge < -0.3 is 59.4 Å². The van der Waals surface area contributed by atoms with Gasteiger partial charge in [-0.05, 0) is 213 Å². The minimum atomic E-state index is -4.48. The molecule has 6 N–H and O–H groups in total. The molecule has 440 valence electrons. The summed E-state index contributed by atoms with van der Waals surface area (Å²) in [7, 11) is 0. The molecule has 0 bridgehead atoms. The third-order valence-corrected chi connectivity index (χ3v) is 13.1. The molecule has 0 spiro atoms. The number of nitrogens with two attached hydrogens (primary N) is 2. The average molecular weight is 1130 g/mol. The van der Waals surface area contributed by atoms with E-state index in [0.717, 1.165) is 119 Å². The number of amidine groups is 2. The number of nitrogens with zero attached hydrogens (tertiary/aromatic N) is 4. The number of rotatable bonds is 30. The number of nitrogens with one attached hydrogen (secondary N) is 2. The number of benzene rings is 4. The van der Waals surface area contributed by atoms with Crippen molar-refractivity contribution in [1.29, 1.82) is 10.8 Å². The van der Waals surface area contributed by atoms with Gasteiger partial charge in [-0.3, -0.25) is 10.8 Å². The van der Waals surface area contributed by atoms with Crippen molar-refractivity contribution < 1.29 is 64.4 Å². The van der Waals surface area contributed by atoms with E-state index in [4.69, 9.17) is 50.7 Å². The Morgan fingerprint density at radius 3 is 1.05 bits per heavy atom. The molecule has 2 heterocycles. The van der Waals surface area contributed by atoms with Crippen LogP contribution in [0, 0.1) is 22.7 Å². The van der Waals surface area contributed by atoms with Gasteiger partial charge in [0.25, 0.3) is 0 Å². The van der Waals surface area contributed by atoms with Gasteiger partial charge in [0.2, 0.25) is 25.0 Å². The van der Waals surface area contributed by atoms with Crippen molar-refractivity contribution in [1.82, 2.24) is 9.80 Å². The van der Waals surface area contributed by atoms with E-state index in [1.54, 1.807) is 48.5 Å². The van der Waals surface area contributed by atoms with Crippen LogP contribution < -0.4 is 30.4 Å². The third kappa shape index (κ3) is 25.5. The first-order chi connectivity index (χ1) is 38.5. The van der Waals surface area contributed by atoms with Crippen LogP contribution in [0.1, 0.15) is 100 Å². The predicted molar refractivity (Wildman–Crippen MR) is 296 cm³/mol. The molecule has 22 heteroatoms. The largest absolute Gasteiger partial charge is 0.494 e. The Hall–Kier alpha value is -6.94. The van der Waals surface area contributed by atoms with Crippen molar-refractivity contribution in [2.45, 2.75) is 90.4 Å². The van der Waals surface area contributed by atoms with Gasteiger partial charge in [-0.15, -0.1) is 0 Å². The number of oxime groups is 2. The smallest absolute Gasteiger partial charge is 0.425 e. The van der Waals surface area contributed by atoms with Crippen LogP contribution in [0.5, 0.6) is 23.0 Å². The number of ether oxygens (including phenoxy) is 6. The predicted octanol–water partition coefficient (Wildman–Crippen LogP) is 11.2. The molecule has 0 aromatic heterocycles. The fourth-order valence-corrected chi connectivity index (χ4v) is 8.84. The summed E-state index contributed by atoms with van der Waals surface area (Å²) in [5.41, 5.74) is 13.7. The zero-order chi connectivity index (χ0) is 57.6. The number of likely N-dealkylation sites (tertiary alicyclic amines) is 2. The van der Waals surface area contributed by atoms with E-state index in [2.05, 4.69) is 29.8 Å². The van der Waals surface area contributed by atoms with Crippen LogP contribution in [0.2, 0.25) is 0 Å². The molecule has 80 heavy (non-hydrogen) atoms. The minimum absolute atomic E-state index is 0.149. The molecule has 0 saturated carbocycles. The molecule has 4 aromatic carbocycles. The van der Waals surface area contributed by atoms with Crippen molar-refractivity contribution in [3.63, 3.8) is 0 Å². The van der Waals surface area contributed by atoms with Gasteiger partial charge in [0, 0.05) is 35.3 Å². The Balaban J connectivity index is 0.000000300. The van der Waals surface area contributed by atoms with Gasteiger partial charge in [-0.1, -0.05) is 10.3 Å². The summed E-state index contributed by atoms with van der Waals surface area (Å²) >= 11 is 0. The summed E-state index contributed by atoms with van der Waals surface area (Å²) in [4.78, 5) is 13.4. The van der Waals surface area contributed by atoms with E-state index in [1.807, 2.05) is 62.4 Å². The molecule has 0 amide bonds. The zero-order valence-electron chi connectivity index (χ0n) is 45.8. The summed E-state index contributed by atoms with van der Waals surface area (Å²) in [6, 6.07) is 28.3. The molecule has 2 saturated heterocycles. The van der Waals surface area contributed by atoms with Gasteiger partial charge >= 0.3 is 12.4 Å². The molecule has 2 fully saturated rings. The van der Waals surface area contributed by atoms with Crippen LogP contribution in [0.3, 0.4) is 0 Å². The van der Waals surface area contributed by atoms with Crippen LogP contribution >= 0.6 is 0 Å². The topological polar surface area (TPSA) is 205 Å². The van der Waals surface area contributed by atoms with Crippen molar-refractivity contribution in [2.75, 3.05) is 92.1 Å². The Bertz CT molecular complexity index is 2280. The lowest BCUT2D eigenvalue weighted by molar-refractivity contribution is -0.174. The number of hydrogen-bond acceptors (Lipinski definition) is 14. The fourth-order valence-electron chi connectivity index (χ4n) is 8.84. The van der Waals surface area contributed by atoms with Gasteiger partial charge in [0.05, 0.1) is 39.6 Å². The summed E-state index contributed by atoms with van der Waals surface area (Å²) in [5.74, 6) is 4.47. The van der Waals surface area contributed by atoms with Gasteiger partial charge in [-0.25, -0.2) is 0 Å². The second-order valence-corrected chi connectivity index (χ2v) is 19.3. The maximum Gasteiger partial charge on any atom is 0.425 e. The fraction of sp³-hybridized carbons (Fsp3) is 0.517. The second-order valence-electron chi connectivity index (χ2n) is 19.3. The molecule has 0 unspecified atom stereocenters. The highest BCUT2D eigenvalue weighted by Gasteiger charge is 2.29. The first kappa shape index (κ1) is 63.9. The average Bonchev–Trinajstić information content (AvgIpc) is 3.44. The molecular weight excluding hydrogens is 1050 g/mol. The number of hydrogen-bond donors (Lipinski definition) is 4. The Morgan fingerprint density at radius 1 is 0.475 bits per heavy atom. The molecule has 6 rings (SSSR count). The molecule has 0 radical (unpaired) electrons. The Kier molecular flexibility index (Phi) is 27.4. The van der Waals surface area contributed by atoms with Crippen LogP contribution in [0.4, 0.5) is 26.3 Å². The summed E-state index contributed by atoms with van der Waals surface area (Å²) < 4.78 is 107. The van der Waals surface area contributed by atoms with E-state index in [9.17, 15) is 26.3 Å². The van der Waals surface area contributed by atoms with Crippen molar-refractivity contribution >= 4 is 23.5 Å². The van der Waals surface area contributed by atoms with E-state index < -0.39 is 25.6 Å². The number of alkyl halides is 6. The van der Waals surface area contributed by atoms with Crippen molar-refractivity contribution in [3.05, 3.63) is 119 Å². The lowest BCUT2D eigenvalue weighted by Crippen LogP contribution is -2.35. The third-order valence-electron chi connectivity index (χ3n) is 13.1. The van der Waals surface area contributed by atoms with Crippen LogP contribution in [-0.4, -0.2) is 138 Å². The lowest BCUT2D eigenvalue weighted by atomic mass is 9.92. The maximum atomic E-state index is 12.1. The summed E-state index contributed by atoms with van der Waals surface area (Å²) in [5, 5.41) is 22.2. The molecule has 0 aliphatic carbocycles. The summed E-state index contributed by atoms with van der Waals surface area (Å²) in [6.45, 7) is 10.6. The van der Waals surface area contributed by atoms with Gasteiger partial charge in [-0.2, -0.15) is 26.3 Å². The molecule has 0 atom stereocenters. The van der Waals surface area contributed by atoms with E-state index in [0.29, 0.717) is 61.6 Å². The standard InChI is InChI=1S/C29H37F6N5O4.C29H41N3O4/c30-28(31,32)19-43-38-26(36)22-4-8-24(9-5-22)41-17-1-3-21-12-15-40(16-13-21)14-2-18-42-25-10-6-23(7-11-25)27(37)39-44-20-29(33,34)35;1-3-33-28(30)24-8-12-26(13-9-24)35-21-5-7-23-16-19-32(20-17-23)18-6-22-36-27-14-10-25(11-15-27)29(31)34-4-2/h4-11,21H,1-3,12-20H2,(H2,36,38)(H2,37,39);8-15,23,30-31H,3-7,16-22H2,1-2H3. The van der Waals surface area contributed by atoms with Gasteiger partial charge in [0.1, 0.15) is 23.0 Å². The van der Waals surface area contributed by atoms with E-state index in [1.165, 1.54) is 19.3 Å². The van der Waals surface area contributed by atoms with Crippen LogP contribution in [0.25, 0.3) is 0 Å². The highest BCUT2D eigenvalue weighted by atomic mass is 19.4. The van der Waals surface area contributed by atoms with Crippen LogP contribution in [0.15, 0.2) is 107 Å². The molecular formula is C58H78F6N8O8. The molecule has 2 aliphatic rings. The van der Waals surface area contributed by atoms with Crippen molar-refractivity contribution in [3.8, 4) is 23.0 Å². The number of piperidine rings is 2. The van der Waals surface area contributed by atoms with Gasteiger partial charge in [0.15, 0.2) is 11.7 Å². The molecule has 16 nitrogen and oxygen atoms in total. The SMILES string of the molecule is CCOC(=N)c1ccc(OCCCC2CCN(CCCOc3ccc(C(=N)OCC)cc3)CC2)cc1.N/C(=N\OCC(F)(F)F)c1ccc(OCCCC2CCN(CCCOc3ccc(/C(N)=N/OCC(F)(F)F)cc3)CC2)cc1. The first-order valence-corrected chi connectivity index (χ1v) is 27.3. The van der Waals surface area contributed by atoms with Crippen LogP contribution in [-0.2, 0) is 19.1 Å². The summed E-state index contributed by atoms with van der Waals surface area (Å²) in [6.07, 6.45) is 1.88. The zero-order valence-corrected chi connectivity index (χ0v) is 45.8. The second kappa shape index (κ2) is 34.3. The maximum absolute atomic E-state index is 12.1. The van der Waals surface area contributed by atoms with E-state index >= 15 is 0 Å². The normalized spacial score (nSPS) is 15.1. The lowest BCUT2D eigenvalue weighted by Gasteiger charge is -2.32. The molecule has 2 aliphatic heterocycles. The first-order valence-electron chi connectivity index (χ1n) is 27.3. The van der Waals surface area contributed by atoms with E-state index in [-0.39, 0.29) is 23.5 Å². The Labute approximate surface area is 465 Å². The quantitative estimate of drug-likeness (QED) is 0.0127.